The van der Waals surface area contributed by atoms with E-state index in [2.05, 4.69) is 0 Å². The van der Waals surface area contributed by atoms with Crippen LogP contribution in [0.1, 0.15) is 0 Å². The highest BCUT2D eigenvalue weighted by atomic mass is 32.2. The maximum atomic E-state index is 10.9. The Morgan fingerprint density at radius 2 is 1.38 bits per heavy atom. The van der Waals surface area contributed by atoms with E-state index in [0.29, 0.717) is 0 Å². The van der Waals surface area contributed by atoms with Crippen molar-refractivity contribution in [3.05, 3.63) is 24.3 Å². The third-order valence-corrected chi connectivity index (χ3v) is 3.95. The number of hydrogen-bond acceptors (Lipinski definition) is 3. The topological polar surface area (TPSA) is 74.6 Å². The number of aliphatic carboxylic acids is 2. The van der Waals surface area contributed by atoms with E-state index in [-0.39, 0.29) is 0 Å². The zero-order valence-corrected chi connectivity index (χ0v) is 7.25. The molecule has 0 aromatic rings. The summed E-state index contributed by atoms with van der Waals surface area (Å²) in [5.74, 6) is -2.19. The van der Waals surface area contributed by atoms with Crippen LogP contribution in [0.2, 0.25) is 0 Å². The molecule has 1 saturated heterocycles. The second-order valence-electron chi connectivity index (χ2n) is 2.90. The molecule has 2 atom stereocenters. The first-order chi connectivity index (χ1) is 6.05. The predicted octanol–water partition coefficient (Wildman–Crippen LogP) is 0.506. The van der Waals surface area contributed by atoms with E-state index in [0.717, 1.165) is 11.8 Å². The van der Waals surface area contributed by atoms with Crippen LogP contribution in [0.4, 0.5) is 0 Å². The number of hydrogen-bond donors (Lipinski definition) is 2. The maximum absolute atomic E-state index is 10.9. The SMILES string of the molecule is O=C(O)C12C=CC=CC1(C(=O)O)S2. The molecule has 4 nitrogen and oxygen atoms in total. The third-order valence-electron chi connectivity index (χ3n) is 2.24. The van der Waals surface area contributed by atoms with Crippen molar-refractivity contribution in [2.24, 2.45) is 0 Å². The Morgan fingerprint density at radius 3 is 1.69 bits per heavy atom. The number of carbonyl (C=O) groups is 2. The molecular weight excluding hydrogens is 192 g/mol. The van der Waals surface area contributed by atoms with E-state index in [1.165, 1.54) is 12.2 Å². The van der Waals surface area contributed by atoms with Gasteiger partial charge < -0.3 is 10.2 Å². The molecule has 2 aliphatic rings. The molecule has 1 heterocycles. The van der Waals surface area contributed by atoms with Crippen LogP contribution in [0.5, 0.6) is 0 Å². The molecule has 1 fully saturated rings. The fourth-order valence-electron chi connectivity index (χ4n) is 1.47. The van der Waals surface area contributed by atoms with Gasteiger partial charge >= 0.3 is 11.9 Å². The van der Waals surface area contributed by atoms with E-state index in [4.69, 9.17) is 10.2 Å². The number of allylic oxidation sites excluding steroid dienone is 2. The Bertz CT molecular complexity index is 325. The summed E-state index contributed by atoms with van der Waals surface area (Å²) in [4.78, 5) is 21.7. The second-order valence-corrected chi connectivity index (χ2v) is 4.39. The van der Waals surface area contributed by atoms with Crippen molar-refractivity contribution in [2.45, 2.75) is 9.49 Å². The van der Waals surface area contributed by atoms with Crippen molar-refractivity contribution in [2.75, 3.05) is 0 Å². The lowest BCUT2D eigenvalue weighted by Crippen LogP contribution is -2.37. The summed E-state index contributed by atoms with van der Waals surface area (Å²) in [5.41, 5.74) is 0. The number of rotatable bonds is 2. The van der Waals surface area contributed by atoms with Gasteiger partial charge in [-0.3, -0.25) is 9.59 Å². The van der Waals surface area contributed by atoms with Crippen LogP contribution in [0.15, 0.2) is 24.3 Å². The van der Waals surface area contributed by atoms with Gasteiger partial charge in [-0.15, -0.1) is 11.8 Å². The van der Waals surface area contributed by atoms with Gasteiger partial charge in [0, 0.05) is 0 Å². The van der Waals surface area contributed by atoms with Gasteiger partial charge in [0.1, 0.15) is 0 Å². The van der Waals surface area contributed by atoms with Crippen molar-refractivity contribution in [1.29, 1.82) is 0 Å². The highest BCUT2D eigenvalue weighted by Crippen LogP contribution is 2.67. The molecular formula is C8H6O4S. The van der Waals surface area contributed by atoms with E-state index in [9.17, 15) is 9.59 Å². The second kappa shape index (κ2) is 2.17. The molecule has 0 saturated carbocycles. The molecule has 68 valence electrons. The minimum Gasteiger partial charge on any atom is -0.480 e. The van der Waals surface area contributed by atoms with E-state index in [1.54, 1.807) is 12.2 Å². The molecule has 0 aromatic carbocycles. The Morgan fingerprint density at radius 1 is 1.00 bits per heavy atom. The van der Waals surface area contributed by atoms with E-state index < -0.39 is 21.4 Å². The summed E-state index contributed by atoms with van der Waals surface area (Å²) < 4.78 is -2.54. The normalized spacial score (nSPS) is 39.7. The van der Waals surface area contributed by atoms with Gasteiger partial charge in [0.05, 0.1) is 0 Å². The van der Waals surface area contributed by atoms with Crippen molar-refractivity contribution >= 4 is 23.7 Å². The molecule has 2 unspecified atom stereocenters. The van der Waals surface area contributed by atoms with Crippen LogP contribution >= 0.6 is 11.8 Å². The Labute approximate surface area is 77.9 Å². The maximum Gasteiger partial charge on any atom is 0.326 e. The average molecular weight is 198 g/mol. The van der Waals surface area contributed by atoms with Gasteiger partial charge in [0.15, 0.2) is 9.49 Å². The molecule has 13 heavy (non-hydrogen) atoms. The van der Waals surface area contributed by atoms with Gasteiger partial charge in [-0.25, -0.2) is 0 Å². The van der Waals surface area contributed by atoms with Crippen LogP contribution in [-0.2, 0) is 9.59 Å². The van der Waals surface area contributed by atoms with Crippen molar-refractivity contribution in [3.8, 4) is 0 Å². The molecule has 0 spiro atoms. The first-order valence-electron chi connectivity index (χ1n) is 3.59. The highest BCUT2D eigenvalue weighted by Gasteiger charge is 2.77. The number of fused-ring (bicyclic) bond motifs is 1. The summed E-state index contributed by atoms with van der Waals surface area (Å²) in [6.45, 7) is 0. The molecule has 0 aromatic heterocycles. The van der Waals surface area contributed by atoms with Crippen LogP contribution in [0.3, 0.4) is 0 Å². The van der Waals surface area contributed by atoms with Gasteiger partial charge in [0.2, 0.25) is 0 Å². The molecule has 2 rings (SSSR count). The van der Waals surface area contributed by atoms with Crippen molar-refractivity contribution < 1.29 is 19.8 Å². The fourth-order valence-corrected chi connectivity index (χ4v) is 2.71. The zero-order chi connectivity index (χ0) is 9.69. The lowest BCUT2D eigenvalue weighted by Gasteiger charge is -2.11. The monoisotopic (exact) mass is 198 g/mol. The molecule has 1 aliphatic carbocycles. The first-order valence-corrected chi connectivity index (χ1v) is 4.41. The standard InChI is InChI=1S/C8H6O4S/c9-5(10)7-3-1-2-4-8(7,13-7)6(11)12/h1-4H,(H,9,10)(H,11,12). The lowest BCUT2D eigenvalue weighted by molar-refractivity contribution is -0.144. The minimum atomic E-state index is -1.27. The summed E-state index contributed by atoms with van der Waals surface area (Å²) in [6.07, 6.45) is 5.98. The van der Waals surface area contributed by atoms with E-state index >= 15 is 0 Å². The number of carboxylic acid groups (broad SMARTS) is 2. The summed E-state index contributed by atoms with van der Waals surface area (Å²) >= 11 is 0.937. The van der Waals surface area contributed by atoms with Crippen LogP contribution < -0.4 is 0 Å². The largest absolute Gasteiger partial charge is 0.480 e. The molecule has 0 bridgehead atoms. The van der Waals surface area contributed by atoms with Crippen LogP contribution in [0.25, 0.3) is 0 Å². The quantitative estimate of drug-likeness (QED) is 0.632. The highest BCUT2D eigenvalue weighted by molar-refractivity contribution is 8.12. The van der Waals surface area contributed by atoms with Gasteiger partial charge in [-0.05, 0) is 0 Å². The Kier molecular flexibility index (Phi) is 1.40. The summed E-state index contributed by atoms with van der Waals surface area (Å²) in [6, 6.07) is 0. The zero-order valence-electron chi connectivity index (χ0n) is 6.43. The first kappa shape index (κ1) is 8.37. The Hall–Kier alpha value is -1.23. The minimum absolute atomic E-state index is 0.937. The number of thioether (sulfide) groups is 1. The average Bonchev–Trinajstić information content (AvgIpc) is 2.75. The van der Waals surface area contributed by atoms with Gasteiger partial charge in [0.25, 0.3) is 0 Å². The van der Waals surface area contributed by atoms with Gasteiger partial charge in [-0.1, -0.05) is 24.3 Å². The lowest BCUT2D eigenvalue weighted by atomic mass is 9.89. The fraction of sp³-hybridized carbons (Fsp3) is 0.250. The molecule has 2 N–H and O–H groups in total. The van der Waals surface area contributed by atoms with E-state index in [1.807, 2.05) is 0 Å². The molecule has 0 radical (unpaired) electrons. The van der Waals surface area contributed by atoms with Crippen LogP contribution in [-0.4, -0.2) is 31.6 Å². The summed E-state index contributed by atoms with van der Waals surface area (Å²) in [7, 11) is 0. The summed E-state index contributed by atoms with van der Waals surface area (Å²) in [5, 5.41) is 17.8. The van der Waals surface area contributed by atoms with Gasteiger partial charge in [-0.2, -0.15) is 0 Å². The predicted molar refractivity (Wildman–Crippen MR) is 46.6 cm³/mol. The van der Waals surface area contributed by atoms with Crippen molar-refractivity contribution in [3.63, 3.8) is 0 Å². The molecule has 0 amide bonds. The van der Waals surface area contributed by atoms with Crippen LogP contribution in [0, 0.1) is 0 Å². The molecule has 5 heteroatoms. The van der Waals surface area contributed by atoms with Crippen molar-refractivity contribution in [1.82, 2.24) is 0 Å². The third kappa shape index (κ3) is 0.771. The smallest absolute Gasteiger partial charge is 0.326 e. The number of carboxylic acids is 2. The Balaban J connectivity index is 2.46. The molecule has 1 aliphatic heterocycles.